The molecule has 1 aliphatic rings. The van der Waals surface area contributed by atoms with Gasteiger partial charge in [-0.3, -0.25) is 29.8 Å². The number of nitrogens with zero attached hydrogens (tertiary/aromatic N) is 2. The van der Waals surface area contributed by atoms with Gasteiger partial charge in [-0.05, 0) is 67.1 Å². The third kappa shape index (κ3) is 7.02. The van der Waals surface area contributed by atoms with Crippen molar-refractivity contribution in [1.29, 1.82) is 0 Å². The number of carbonyl (C=O) groups excluding carboxylic acids is 2. The second kappa shape index (κ2) is 13.3. The number of carboxylic acids is 1. The fourth-order valence-electron chi connectivity index (χ4n) is 4.40. The van der Waals surface area contributed by atoms with Crippen LogP contribution in [0.4, 0.5) is 5.69 Å². The lowest BCUT2D eigenvalue weighted by Gasteiger charge is -2.25. The number of nitrogen functional groups attached to an aromatic ring is 1. The molecule has 0 saturated heterocycles. The number of aliphatic imine (C=N–C) groups is 1. The fraction of sp³-hybridized carbons (Fsp3) is 0.407. The molecular weight excluding hydrogens is 512 g/mol. The quantitative estimate of drug-likeness (QED) is 0.303. The topological polar surface area (TPSA) is 144 Å². The van der Waals surface area contributed by atoms with Gasteiger partial charge >= 0.3 is 5.97 Å². The summed E-state index contributed by atoms with van der Waals surface area (Å²) in [5, 5.41) is 9.78. The van der Waals surface area contributed by atoms with Crippen LogP contribution in [0.5, 0.6) is 5.75 Å². The normalized spacial score (nSPS) is 16.4. The Morgan fingerprint density at radius 2 is 2.03 bits per heavy atom. The second-order valence-electron chi connectivity index (χ2n) is 8.96. The number of imide groups is 1. The monoisotopic (exact) mass is 544 g/mol. The van der Waals surface area contributed by atoms with Crippen molar-refractivity contribution < 1.29 is 29.1 Å². The molecule has 204 valence electrons. The number of aromatic carboxylic acids is 1. The molecule has 4 N–H and O–H groups in total. The van der Waals surface area contributed by atoms with E-state index in [1.807, 2.05) is 6.92 Å². The Bertz CT molecular complexity index is 1220. The van der Waals surface area contributed by atoms with E-state index in [1.54, 1.807) is 44.4 Å². The summed E-state index contributed by atoms with van der Waals surface area (Å²) in [7, 11) is 1.54. The molecule has 0 saturated carbocycles. The van der Waals surface area contributed by atoms with Gasteiger partial charge in [0.1, 0.15) is 11.6 Å². The molecule has 1 unspecified atom stereocenters. The van der Waals surface area contributed by atoms with Crippen molar-refractivity contribution in [2.75, 3.05) is 32.5 Å². The van der Waals surface area contributed by atoms with Crippen molar-refractivity contribution in [3.05, 3.63) is 58.1 Å². The van der Waals surface area contributed by atoms with Crippen molar-refractivity contribution in [2.24, 2.45) is 10.9 Å². The number of carbonyl (C=O) groups is 3. The maximum Gasteiger partial charge on any atom is 0.337 e. The maximum atomic E-state index is 13.7. The molecule has 0 aromatic heterocycles. The number of ether oxygens (including phenoxy) is 1. The third-order valence-corrected chi connectivity index (χ3v) is 6.70. The molecule has 0 fully saturated rings. The van der Waals surface area contributed by atoms with Crippen LogP contribution in [0.2, 0.25) is 5.02 Å². The second-order valence-corrected chi connectivity index (χ2v) is 9.40. The molecule has 2 amide bonds. The molecule has 1 heterocycles. The Kier molecular flexibility index (Phi) is 10.1. The predicted molar refractivity (Wildman–Crippen MR) is 144 cm³/mol. The molecule has 3 rings (SSSR count). The van der Waals surface area contributed by atoms with Crippen LogP contribution in [0, 0.1) is 5.92 Å². The highest BCUT2D eigenvalue weighted by molar-refractivity contribution is 6.30. The molecule has 11 heteroatoms. The molecule has 0 bridgehead atoms. The van der Waals surface area contributed by atoms with E-state index in [4.69, 9.17) is 26.9 Å². The minimum absolute atomic E-state index is 0.000220. The first-order valence-electron chi connectivity index (χ1n) is 12.4. The van der Waals surface area contributed by atoms with Gasteiger partial charge in [-0.15, -0.1) is 0 Å². The van der Waals surface area contributed by atoms with Gasteiger partial charge in [-0.25, -0.2) is 4.79 Å². The van der Waals surface area contributed by atoms with Crippen molar-refractivity contribution in [3.63, 3.8) is 0 Å². The number of carboxylic acid groups (broad SMARTS) is 1. The van der Waals surface area contributed by atoms with E-state index < -0.39 is 11.9 Å². The Hall–Kier alpha value is -3.63. The largest absolute Gasteiger partial charge is 0.496 e. The molecule has 0 spiro atoms. The van der Waals surface area contributed by atoms with E-state index in [-0.39, 0.29) is 54.9 Å². The standard InChI is InChI=1S/C27H33ClN4O6/c1-4-16(17-6-8-21(27(35)36)22(29)12-17)13-25(33)32-15-24(31-38-5-2)30-14-19(26(32)34)10-18-11-20(28)7-9-23(18)37-3/h6-9,11-12,16,19H,4-5,10,13-15,29H2,1-3H3,(H,30,31)(H,35,36)/t16-,19?/m0/s1. The minimum atomic E-state index is -1.12. The number of nitrogens with two attached hydrogens (primary N) is 1. The van der Waals surface area contributed by atoms with Crippen molar-refractivity contribution in [1.82, 2.24) is 10.4 Å². The van der Waals surface area contributed by atoms with E-state index in [0.29, 0.717) is 29.6 Å². The summed E-state index contributed by atoms with van der Waals surface area (Å²) in [5.41, 5.74) is 10.3. The number of hydroxylamine groups is 1. The van der Waals surface area contributed by atoms with Crippen LogP contribution < -0.4 is 16.0 Å². The lowest BCUT2D eigenvalue weighted by atomic mass is 9.91. The number of hydrogen-bond acceptors (Lipinski definition) is 8. The first-order chi connectivity index (χ1) is 18.2. The zero-order valence-electron chi connectivity index (χ0n) is 21.7. The first-order valence-corrected chi connectivity index (χ1v) is 12.8. The van der Waals surface area contributed by atoms with Crippen LogP contribution in [0.1, 0.15) is 54.1 Å². The van der Waals surface area contributed by atoms with Crippen LogP contribution in [-0.4, -0.2) is 60.4 Å². The molecule has 1 aliphatic heterocycles. The maximum absolute atomic E-state index is 13.7. The summed E-state index contributed by atoms with van der Waals surface area (Å²) in [6.07, 6.45) is 0.895. The third-order valence-electron chi connectivity index (χ3n) is 6.46. The van der Waals surface area contributed by atoms with E-state index in [2.05, 4.69) is 10.5 Å². The zero-order valence-corrected chi connectivity index (χ0v) is 22.5. The number of halogens is 1. The lowest BCUT2D eigenvalue weighted by molar-refractivity contribution is -0.146. The average Bonchev–Trinajstić information content (AvgIpc) is 3.04. The van der Waals surface area contributed by atoms with Gasteiger partial charge in [0.15, 0.2) is 0 Å². The summed E-state index contributed by atoms with van der Waals surface area (Å²) < 4.78 is 5.44. The Labute approximate surface area is 226 Å². The van der Waals surface area contributed by atoms with E-state index in [0.717, 1.165) is 11.1 Å². The smallest absolute Gasteiger partial charge is 0.337 e. The fourth-order valence-corrected chi connectivity index (χ4v) is 4.60. The van der Waals surface area contributed by atoms with E-state index >= 15 is 0 Å². The molecule has 2 aromatic carbocycles. The molecule has 0 radical (unpaired) electrons. The summed E-state index contributed by atoms with van der Waals surface area (Å²) >= 11 is 6.19. The van der Waals surface area contributed by atoms with Gasteiger partial charge in [0.25, 0.3) is 0 Å². The zero-order chi connectivity index (χ0) is 27.8. The first kappa shape index (κ1) is 28.9. The SMILES string of the molecule is CCONC1=NCC(Cc2cc(Cl)ccc2OC)C(=O)N(C(=O)C[C@H](CC)c2ccc(C(=O)O)c(N)c2)C1. The Morgan fingerprint density at radius 3 is 2.66 bits per heavy atom. The molecule has 2 atom stereocenters. The van der Waals surface area contributed by atoms with Crippen LogP contribution in [0.25, 0.3) is 0 Å². The number of rotatable bonds is 10. The predicted octanol–water partition coefficient (Wildman–Crippen LogP) is 3.68. The Balaban J connectivity index is 1.87. The highest BCUT2D eigenvalue weighted by atomic mass is 35.5. The average molecular weight is 545 g/mol. The molecule has 0 aliphatic carbocycles. The summed E-state index contributed by atoms with van der Waals surface area (Å²) in [5.74, 6) is -1.78. The summed E-state index contributed by atoms with van der Waals surface area (Å²) in [4.78, 5) is 49.6. The minimum Gasteiger partial charge on any atom is -0.496 e. The number of nitrogens with one attached hydrogen (secondary N) is 1. The van der Waals surface area contributed by atoms with Gasteiger partial charge in [-0.1, -0.05) is 24.6 Å². The molecular formula is C27H33ClN4O6. The summed E-state index contributed by atoms with van der Waals surface area (Å²) in [6.45, 7) is 4.19. The van der Waals surface area contributed by atoms with Gasteiger partial charge in [-0.2, -0.15) is 0 Å². The van der Waals surface area contributed by atoms with Crippen LogP contribution in [0.15, 0.2) is 41.4 Å². The molecule has 2 aromatic rings. The highest BCUT2D eigenvalue weighted by Gasteiger charge is 2.34. The van der Waals surface area contributed by atoms with Crippen molar-refractivity contribution >= 4 is 40.9 Å². The lowest BCUT2D eigenvalue weighted by Crippen LogP contribution is -2.45. The number of benzene rings is 2. The number of amidine groups is 1. The number of anilines is 1. The molecule has 10 nitrogen and oxygen atoms in total. The van der Waals surface area contributed by atoms with Gasteiger partial charge in [0.2, 0.25) is 11.8 Å². The van der Waals surface area contributed by atoms with Gasteiger partial charge in [0, 0.05) is 17.1 Å². The van der Waals surface area contributed by atoms with Crippen molar-refractivity contribution in [3.8, 4) is 5.75 Å². The Morgan fingerprint density at radius 1 is 1.26 bits per heavy atom. The molecule has 38 heavy (non-hydrogen) atoms. The van der Waals surface area contributed by atoms with Crippen LogP contribution in [0.3, 0.4) is 0 Å². The van der Waals surface area contributed by atoms with Gasteiger partial charge < -0.3 is 15.6 Å². The number of hydrogen-bond donors (Lipinski definition) is 3. The summed E-state index contributed by atoms with van der Waals surface area (Å²) in [6, 6.07) is 9.85. The number of amides is 2. The van der Waals surface area contributed by atoms with E-state index in [9.17, 15) is 19.5 Å². The number of methoxy groups -OCH3 is 1. The van der Waals surface area contributed by atoms with Gasteiger partial charge in [0.05, 0.1) is 38.3 Å². The highest BCUT2D eigenvalue weighted by Crippen LogP contribution is 2.30. The van der Waals surface area contributed by atoms with Crippen LogP contribution >= 0.6 is 11.6 Å². The van der Waals surface area contributed by atoms with E-state index in [1.165, 1.54) is 11.0 Å². The van der Waals surface area contributed by atoms with Crippen molar-refractivity contribution in [2.45, 2.75) is 39.0 Å². The van der Waals surface area contributed by atoms with Crippen LogP contribution in [-0.2, 0) is 20.8 Å².